The number of nitrogens with zero attached hydrogens (tertiary/aromatic N) is 2. The van der Waals surface area contributed by atoms with E-state index in [-0.39, 0.29) is 13.4 Å². The molecule has 0 atom stereocenters. The highest BCUT2D eigenvalue weighted by molar-refractivity contribution is 8.01. The number of thiophene rings is 1. The first-order valence-electron chi connectivity index (χ1n) is 25.1. The van der Waals surface area contributed by atoms with Crippen molar-refractivity contribution in [3.63, 3.8) is 0 Å². The molecule has 0 aliphatic carbocycles. The second-order valence-electron chi connectivity index (χ2n) is 19.4. The van der Waals surface area contributed by atoms with Crippen LogP contribution in [0.15, 0.2) is 262 Å². The average molecular weight is 979 g/mol. The molecule has 11 aromatic carbocycles. The molecule has 0 unspecified atom stereocenters. The normalized spacial score (nSPS) is 13.0. The van der Waals surface area contributed by atoms with Gasteiger partial charge >= 0.3 is 0 Å². The van der Waals surface area contributed by atoms with Gasteiger partial charge in [0.15, 0.2) is 0 Å². The highest BCUT2D eigenvalue weighted by atomic mass is 32.2. The molecule has 2 aliphatic heterocycles. The molecule has 0 N–H and O–H groups in total. The molecule has 5 heterocycles. The second-order valence-corrected chi connectivity index (χ2v) is 22.5. The molecule has 0 saturated carbocycles. The Hall–Kier alpha value is -7.93. The summed E-state index contributed by atoms with van der Waals surface area (Å²) in [5, 5.41) is 7.76. The van der Waals surface area contributed by atoms with E-state index >= 15 is 0 Å². The van der Waals surface area contributed by atoms with Crippen molar-refractivity contribution in [2.24, 2.45) is 0 Å². The van der Waals surface area contributed by atoms with Gasteiger partial charge in [0.05, 0.1) is 22.1 Å². The topological polar surface area (TPSA) is 9.86 Å². The van der Waals surface area contributed by atoms with Crippen LogP contribution in [0.3, 0.4) is 0 Å². The van der Waals surface area contributed by atoms with Crippen molar-refractivity contribution >= 4 is 145 Å². The summed E-state index contributed by atoms with van der Waals surface area (Å²) in [6.07, 6.45) is 0. The summed E-state index contributed by atoms with van der Waals surface area (Å²) < 4.78 is 7.72. The SMILES string of the molecule is c1ccc(-c2ccccc2B2c3ccccc3Sc3c2c2c(c4sc5ccccc5c34)B(c3cccc(-n4c5ccccc5c5c4ccc4c6ccccc6n(-c6ccccc6)c45)c3)c3ccccc3S2)cc1. The molecule has 2 aliphatic rings. The van der Waals surface area contributed by atoms with E-state index < -0.39 is 0 Å². The summed E-state index contributed by atoms with van der Waals surface area (Å²) in [6.45, 7) is -0.0211. The van der Waals surface area contributed by atoms with E-state index in [1.165, 1.54) is 127 Å². The van der Waals surface area contributed by atoms with Crippen LogP contribution >= 0.6 is 34.9 Å². The third-order valence-electron chi connectivity index (χ3n) is 15.6. The van der Waals surface area contributed by atoms with Crippen LogP contribution in [-0.2, 0) is 0 Å². The van der Waals surface area contributed by atoms with Crippen molar-refractivity contribution in [2.75, 3.05) is 0 Å². The maximum Gasteiger partial charge on any atom is 0.246 e. The quantitative estimate of drug-likeness (QED) is 0.159. The van der Waals surface area contributed by atoms with Crippen molar-refractivity contribution in [2.45, 2.75) is 19.6 Å². The van der Waals surface area contributed by atoms with Crippen molar-refractivity contribution in [1.82, 2.24) is 9.13 Å². The zero-order chi connectivity index (χ0) is 47.7. The van der Waals surface area contributed by atoms with Gasteiger partial charge in [-0.2, -0.15) is 0 Å². The fourth-order valence-electron chi connectivity index (χ4n) is 12.6. The molecule has 0 saturated heterocycles. The van der Waals surface area contributed by atoms with Crippen LogP contribution in [0.4, 0.5) is 0 Å². The lowest BCUT2D eigenvalue weighted by Gasteiger charge is -2.35. The molecule has 16 rings (SSSR count). The minimum atomic E-state index is -0.0270. The summed E-state index contributed by atoms with van der Waals surface area (Å²) in [4.78, 5) is 5.44. The van der Waals surface area contributed by atoms with Gasteiger partial charge in [-0.05, 0) is 82.7 Å². The van der Waals surface area contributed by atoms with Gasteiger partial charge in [0, 0.05) is 72.7 Å². The van der Waals surface area contributed by atoms with Crippen LogP contribution in [0.5, 0.6) is 0 Å². The Labute approximate surface area is 435 Å². The summed E-state index contributed by atoms with van der Waals surface area (Å²) in [7, 11) is 0. The largest absolute Gasteiger partial charge is 0.309 e. The van der Waals surface area contributed by atoms with E-state index in [9.17, 15) is 0 Å². The van der Waals surface area contributed by atoms with Gasteiger partial charge in [0.25, 0.3) is 0 Å². The fraction of sp³-hybridized carbons (Fsp3) is 0. The standard InChI is InChI=1S/C66H40B2N2S3/c1-3-20-41(21-4-1)45-26-7-11-30-50(45)68-52-32-13-18-37-58(52)72-65-60-49-29-10-16-35-56(49)71-64(60)61-66(62(65)68)73-57-36-17-12-31-51(57)67(61)42-22-19-25-44(40-42)69-54-34-15-9-28-48(54)59-55(69)39-38-47-46-27-8-14-33-53(46)70(63(47)59)43-23-5-2-6-24-43/h1-40H. The first-order chi connectivity index (χ1) is 36.3. The summed E-state index contributed by atoms with van der Waals surface area (Å²) in [5.41, 5.74) is 17.9. The van der Waals surface area contributed by atoms with E-state index in [1.54, 1.807) is 0 Å². The molecule has 3 aromatic heterocycles. The fourth-order valence-corrected chi connectivity index (χ4v) is 16.7. The second kappa shape index (κ2) is 16.3. The van der Waals surface area contributed by atoms with Gasteiger partial charge in [0.1, 0.15) is 0 Å². The lowest BCUT2D eigenvalue weighted by molar-refractivity contribution is 1.18. The minimum absolute atomic E-state index is 0.00587. The molecule has 0 bridgehead atoms. The van der Waals surface area contributed by atoms with Crippen LogP contribution in [-0.4, -0.2) is 22.6 Å². The predicted octanol–water partition coefficient (Wildman–Crippen LogP) is 13.9. The summed E-state index contributed by atoms with van der Waals surface area (Å²) in [6, 6.07) is 90.8. The number of rotatable bonds is 5. The van der Waals surface area contributed by atoms with Crippen molar-refractivity contribution < 1.29 is 0 Å². The van der Waals surface area contributed by atoms with Crippen molar-refractivity contribution in [3.8, 4) is 22.5 Å². The van der Waals surface area contributed by atoms with Gasteiger partial charge in [-0.25, -0.2) is 0 Å². The van der Waals surface area contributed by atoms with Gasteiger partial charge in [-0.15, -0.1) is 11.3 Å². The molecule has 0 spiro atoms. The zero-order valence-corrected chi connectivity index (χ0v) is 41.8. The molecule has 0 amide bonds. The van der Waals surface area contributed by atoms with Gasteiger partial charge in [-0.1, -0.05) is 227 Å². The highest BCUT2D eigenvalue weighted by Gasteiger charge is 2.43. The Morgan fingerprint density at radius 1 is 0.356 bits per heavy atom. The Morgan fingerprint density at radius 2 is 0.959 bits per heavy atom. The third-order valence-corrected chi connectivity index (χ3v) is 19.2. The average Bonchev–Trinajstić information content (AvgIpc) is 4.14. The third kappa shape index (κ3) is 6.11. The van der Waals surface area contributed by atoms with E-state index in [0.717, 1.165) is 11.4 Å². The number of fused-ring (bicyclic) bond motifs is 17. The monoisotopic (exact) mass is 978 g/mol. The number of hydrogen-bond acceptors (Lipinski definition) is 3. The van der Waals surface area contributed by atoms with E-state index in [4.69, 9.17) is 0 Å². The molecular formula is C66H40B2N2S3. The zero-order valence-electron chi connectivity index (χ0n) is 39.4. The Kier molecular flexibility index (Phi) is 9.30. The number of hydrogen-bond donors (Lipinski definition) is 0. The smallest absolute Gasteiger partial charge is 0.246 e. The van der Waals surface area contributed by atoms with Crippen molar-refractivity contribution in [1.29, 1.82) is 0 Å². The molecule has 0 fully saturated rings. The molecule has 14 aromatic rings. The molecule has 2 nitrogen and oxygen atoms in total. The molecule has 0 radical (unpaired) electrons. The van der Waals surface area contributed by atoms with Crippen LogP contribution in [0.25, 0.3) is 86.3 Å². The first-order valence-corrected chi connectivity index (χ1v) is 27.5. The number of para-hydroxylation sites is 3. The maximum absolute atomic E-state index is 2.52. The van der Waals surface area contributed by atoms with Gasteiger partial charge in [-0.3, -0.25) is 0 Å². The van der Waals surface area contributed by atoms with E-state index in [1.807, 2.05) is 34.9 Å². The Bertz CT molecular complexity index is 4590. The Morgan fingerprint density at radius 3 is 1.75 bits per heavy atom. The van der Waals surface area contributed by atoms with Gasteiger partial charge in [0.2, 0.25) is 13.4 Å². The summed E-state index contributed by atoms with van der Waals surface area (Å²) in [5.74, 6) is 0. The van der Waals surface area contributed by atoms with E-state index in [0.29, 0.717) is 0 Å². The summed E-state index contributed by atoms with van der Waals surface area (Å²) >= 11 is 5.94. The molecule has 73 heavy (non-hydrogen) atoms. The maximum atomic E-state index is 2.52. The number of benzene rings is 11. The van der Waals surface area contributed by atoms with Crippen LogP contribution in [0, 0.1) is 0 Å². The molecular weight excluding hydrogens is 939 g/mol. The van der Waals surface area contributed by atoms with Crippen LogP contribution < -0.4 is 32.8 Å². The minimum Gasteiger partial charge on any atom is -0.309 e. The lowest BCUT2D eigenvalue weighted by Crippen LogP contribution is -2.61. The van der Waals surface area contributed by atoms with Crippen molar-refractivity contribution in [3.05, 3.63) is 243 Å². The number of aromatic nitrogens is 2. The molecule has 338 valence electrons. The molecule has 7 heteroatoms. The highest BCUT2D eigenvalue weighted by Crippen LogP contribution is 2.47. The lowest BCUT2D eigenvalue weighted by atomic mass is 9.32. The van der Waals surface area contributed by atoms with Crippen LogP contribution in [0.1, 0.15) is 0 Å². The van der Waals surface area contributed by atoms with E-state index in [2.05, 4.69) is 252 Å². The van der Waals surface area contributed by atoms with Gasteiger partial charge < -0.3 is 9.13 Å². The first kappa shape index (κ1) is 41.7. The Balaban J connectivity index is 0.984. The van der Waals surface area contributed by atoms with Crippen LogP contribution in [0.2, 0.25) is 0 Å². The predicted molar refractivity (Wildman–Crippen MR) is 317 cm³/mol.